The number of nitrogens with zero attached hydrogens (tertiary/aromatic N) is 4. The monoisotopic (exact) mass is 229 g/mol. The molecule has 0 spiro atoms. The van der Waals surface area contributed by atoms with Crippen LogP contribution in [-0.2, 0) is 13.0 Å². The first-order valence-corrected chi connectivity index (χ1v) is 5.20. The van der Waals surface area contributed by atoms with Gasteiger partial charge in [0.05, 0.1) is 0 Å². The van der Waals surface area contributed by atoms with Gasteiger partial charge in [-0.2, -0.15) is 10.2 Å². The largest absolute Gasteiger partial charge is 0.340 e. The first-order valence-electron chi connectivity index (χ1n) is 5.20. The molecule has 0 fully saturated rings. The number of rotatable bonds is 5. The summed E-state index contributed by atoms with van der Waals surface area (Å²) in [5.74, 6) is 0.601. The average molecular weight is 229 g/mol. The molecule has 1 N–H and O–H groups in total. The Kier molecular flexibility index (Phi) is 3.78. The van der Waals surface area contributed by atoms with Crippen LogP contribution in [0.4, 0.5) is 0 Å². The van der Waals surface area contributed by atoms with Crippen LogP contribution < -0.4 is 5.32 Å². The second-order valence-corrected chi connectivity index (χ2v) is 3.38. The standard InChI is InChI=1S/C11H11N5O/c12-6-10-9(2-1-4-14-10)7-13-5-3-11-15-8-16-17-11/h1-2,4,8,13H,3,5,7H2. The number of hydrogen-bond donors (Lipinski definition) is 1. The average Bonchev–Trinajstić information content (AvgIpc) is 2.88. The van der Waals surface area contributed by atoms with E-state index in [4.69, 9.17) is 9.78 Å². The molecule has 0 saturated heterocycles. The van der Waals surface area contributed by atoms with Crippen LogP contribution in [0, 0.1) is 11.3 Å². The molecule has 0 aliphatic carbocycles. The Morgan fingerprint density at radius 2 is 2.35 bits per heavy atom. The van der Waals surface area contributed by atoms with Crippen LogP contribution in [0.2, 0.25) is 0 Å². The molecule has 17 heavy (non-hydrogen) atoms. The van der Waals surface area contributed by atoms with E-state index in [2.05, 4.69) is 26.5 Å². The Labute approximate surface area is 98.3 Å². The predicted molar refractivity (Wildman–Crippen MR) is 58.7 cm³/mol. The first-order chi connectivity index (χ1) is 8.40. The van der Waals surface area contributed by atoms with Crippen LogP contribution in [0.1, 0.15) is 17.1 Å². The molecule has 86 valence electrons. The van der Waals surface area contributed by atoms with Crippen molar-refractivity contribution in [1.82, 2.24) is 20.4 Å². The van der Waals surface area contributed by atoms with Gasteiger partial charge in [0.15, 0.2) is 6.33 Å². The molecule has 2 aromatic rings. The fraction of sp³-hybridized carbons (Fsp3) is 0.273. The lowest BCUT2D eigenvalue weighted by molar-refractivity contribution is 0.375. The molecule has 2 aromatic heterocycles. The molecule has 0 saturated carbocycles. The molecule has 2 rings (SSSR count). The van der Waals surface area contributed by atoms with Gasteiger partial charge in [-0.05, 0) is 6.07 Å². The zero-order chi connectivity index (χ0) is 11.9. The van der Waals surface area contributed by atoms with E-state index >= 15 is 0 Å². The van der Waals surface area contributed by atoms with Crippen LogP contribution in [0.5, 0.6) is 0 Å². The Morgan fingerprint density at radius 1 is 1.41 bits per heavy atom. The normalized spacial score (nSPS) is 10.1. The zero-order valence-corrected chi connectivity index (χ0v) is 9.13. The molecule has 0 aromatic carbocycles. The lowest BCUT2D eigenvalue weighted by Crippen LogP contribution is -2.17. The van der Waals surface area contributed by atoms with E-state index < -0.39 is 0 Å². The number of hydrogen-bond acceptors (Lipinski definition) is 6. The van der Waals surface area contributed by atoms with E-state index in [9.17, 15) is 0 Å². The van der Waals surface area contributed by atoms with Crippen molar-refractivity contribution in [3.05, 3.63) is 41.8 Å². The van der Waals surface area contributed by atoms with Crippen molar-refractivity contribution in [2.75, 3.05) is 6.54 Å². The summed E-state index contributed by atoms with van der Waals surface area (Å²) >= 11 is 0. The van der Waals surface area contributed by atoms with Crippen LogP contribution >= 0.6 is 0 Å². The summed E-state index contributed by atoms with van der Waals surface area (Å²) in [5.41, 5.74) is 1.35. The number of nitrogens with one attached hydrogen (secondary N) is 1. The molecule has 0 aliphatic rings. The third kappa shape index (κ3) is 3.09. The molecule has 0 unspecified atom stereocenters. The van der Waals surface area contributed by atoms with Crippen molar-refractivity contribution < 1.29 is 4.52 Å². The third-order valence-corrected chi connectivity index (χ3v) is 2.24. The Hall–Kier alpha value is -2.26. The van der Waals surface area contributed by atoms with Gasteiger partial charge in [-0.15, -0.1) is 0 Å². The summed E-state index contributed by atoms with van der Waals surface area (Å²) in [6.45, 7) is 1.31. The predicted octanol–water partition coefficient (Wildman–Crippen LogP) is 0.669. The lowest BCUT2D eigenvalue weighted by atomic mass is 10.2. The molecule has 0 aliphatic heterocycles. The van der Waals surface area contributed by atoms with Crippen molar-refractivity contribution in [3.8, 4) is 6.07 Å². The molecule has 0 bridgehead atoms. The van der Waals surface area contributed by atoms with E-state index in [1.165, 1.54) is 6.33 Å². The van der Waals surface area contributed by atoms with E-state index in [0.717, 1.165) is 5.56 Å². The minimum Gasteiger partial charge on any atom is -0.340 e. The van der Waals surface area contributed by atoms with E-state index in [0.29, 0.717) is 31.1 Å². The Bertz CT molecular complexity index is 503. The second kappa shape index (κ2) is 5.72. The van der Waals surface area contributed by atoms with Crippen LogP contribution in [0.25, 0.3) is 0 Å². The summed E-state index contributed by atoms with van der Waals surface area (Å²) in [4.78, 5) is 7.90. The Balaban J connectivity index is 1.80. The van der Waals surface area contributed by atoms with Gasteiger partial charge >= 0.3 is 0 Å². The highest BCUT2D eigenvalue weighted by Gasteiger charge is 2.02. The number of pyridine rings is 1. The summed E-state index contributed by atoms with van der Waals surface area (Å²) < 4.78 is 4.86. The Morgan fingerprint density at radius 3 is 3.12 bits per heavy atom. The number of nitriles is 1. The molecule has 2 heterocycles. The van der Waals surface area contributed by atoms with Crippen molar-refractivity contribution in [3.63, 3.8) is 0 Å². The maximum atomic E-state index is 8.85. The van der Waals surface area contributed by atoms with Crippen molar-refractivity contribution in [2.24, 2.45) is 0 Å². The minimum atomic E-state index is 0.456. The van der Waals surface area contributed by atoms with Gasteiger partial charge in [0.25, 0.3) is 0 Å². The van der Waals surface area contributed by atoms with Gasteiger partial charge in [0.1, 0.15) is 11.8 Å². The molecule has 0 amide bonds. The molecule has 0 radical (unpaired) electrons. The molecular formula is C11H11N5O. The minimum absolute atomic E-state index is 0.456. The summed E-state index contributed by atoms with van der Waals surface area (Å²) in [7, 11) is 0. The van der Waals surface area contributed by atoms with Gasteiger partial charge in [0.2, 0.25) is 5.89 Å². The highest BCUT2D eigenvalue weighted by molar-refractivity contribution is 5.30. The maximum Gasteiger partial charge on any atom is 0.227 e. The third-order valence-electron chi connectivity index (χ3n) is 2.24. The molecule has 6 nitrogen and oxygen atoms in total. The molecular weight excluding hydrogens is 218 g/mol. The first kappa shape index (κ1) is 11.2. The lowest BCUT2D eigenvalue weighted by Gasteiger charge is -2.03. The fourth-order valence-corrected chi connectivity index (χ4v) is 1.41. The van der Waals surface area contributed by atoms with Crippen molar-refractivity contribution in [1.29, 1.82) is 5.26 Å². The van der Waals surface area contributed by atoms with Gasteiger partial charge in [0, 0.05) is 31.3 Å². The quantitative estimate of drug-likeness (QED) is 0.758. The highest BCUT2D eigenvalue weighted by Crippen LogP contribution is 2.03. The van der Waals surface area contributed by atoms with E-state index in [1.807, 2.05) is 12.1 Å². The summed E-state index contributed by atoms with van der Waals surface area (Å²) in [6.07, 6.45) is 3.66. The van der Waals surface area contributed by atoms with Crippen LogP contribution in [-0.4, -0.2) is 21.7 Å². The summed E-state index contributed by atoms with van der Waals surface area (Å²) in [6, 6.07) is 5.75. The maximum absolute atomic E-state index is 8.85. The van der Waals surface area contributed by atoms with Crippen molar-refractivity contribution >= 4 is 0 Å². The van der Waals surface area contributed by atoms with Crippen LogP contribution in [0.3, 0.4) is 0 Å². The zero-order valence-electron chi connectivity index (χ0n) is 9.13. The topological polar surface area (TPSA) is 87.6 Å². The SMILES string of the molecule is N#Cc1ncccc1CNCCc1ncno1. The van der Waals surface area contributed by atoms with E-state index in [1.54, 1.807) is 6.20 Å². The highest BCUT2D eigenvalue weighted by atomic mass is 16.5. The van der Waals surface area contributed by atoms with Crippen LogP contribution in [0.15, 0.2) is 29.2 Å². The fourth-order valence-electron chi connectivity index (χ4n) is 1.41. The molecule has 6 heteroatoms. The van der Waals surface area contributed by atoms with Gasteiger partial charge in [-0.3, -0.25) is 0 Å². The number of aromatic nitrogens is 3. The smallest absolute Gasteiger partial charge is 0.227 e. The van der Waals surface area contributed by atoms with Gasteiger partial charge < -0.3 is 9.84 Å². The van der Waals surface area contributed by atoms with Gasteiger partial charge in [-0.25, -0.2) is 4.98 Å². The van der Waals surface area contributed by atoms with Crippen molar-refractivity contribution in [2.45, 2.75) is 13.0 Å². The van der Waals surface area contributed by atoms with E-state index in [-0.39, 0.29) is 0 Å². The summed E-state index contributed by atoms with van der Waals surface area (Å²) in [5, 5.41) is 15.6. The second-order valence-electron chi connectivity index (χ2n) is 3.38. The molecule has 0 atom stereocenters. The van der Waals surface area contributed by atoms with Gasteiger partial charge in [-0.1, -0.05) is 11.2 Å².